The fraction of sp³-hybridized carbons (Fsp3) is 0.444. The van der Waals surface area contributed by atoms with Crippen molar-refractivity contribution in [3.8, 4) is 5.75 Å². The highest BCUT2D eigenvalue weighted by atomic mass is 32.2. The zero-order chi connectivity index (χ0) is 16.0. The van der Waals surface area contributed by atoms with E-state index in [0.717, 1.165) is 42.0 Å². The van der Waals surface area contributed by atoms with E-state index in [1.807, 2.05) is 43.3 Å². The molecule has 0 N–H and O–H groups in total. The summed E-state index contributed by atoms with van der Waals surface area (Å²) in [5.41, 5.74) is 0.973. The molecule has 3 nitrogen and oxygen atoms in total. The molecule has 0 fully saturated rings. The van der Waals surface area contributed by atoms with Crippen molar-refractivity contribution in [1.29, 1.82) is 0 Å². The van der Waals surface area contributed by atoms with E-state index in [4.69, 9.17) is 4.18 Å². The summed E-state index contributed by atoms with van der Waals surface area (Å²) in [7, 11) is -3.54. The Hall–Kier alpha value is -1.55. The van der Waals surface area contributed by atoms with E-state index in [2.05, 4.69) is 6.92 Å². The van der Waals surface area contributed by atoms with Crippen molar-refractivity contribution < 1.29 is 12.6 Å². The molecule has 0 saturated heterocycles. The van der Waals surface area contributed by atoms with E-state index in [9.17, 15) is 8.42 Å². The molecule has 0 bridgehead atoms. The molecule has 0 amide bonds. The van der Waals surface area contributed by atoms with Crippen LogP contribution >= 0.6 is 0 Å². The monoisotopic (exact) mass is 320 g/mol. The Bertz CT molecular complexity index is 720. The van der Waals surface area contributed by atoms with Crippen molar-refractivity contribution in [1.82, 2.24) is 0 Å². The lowest BCUT2D eigenvalue weighted by Gasteiger charge is -2.14. The van der Waals surface area contributed by atoms with Crippen LogP contribution < -0.4 is 4.18 Å². The van der Waals surface area contributed by atoms with Crippen molar-refractivity contribution >= 4 is 20.9 Å². The summed E-state index contributed by atoms with van der Waals surface area (Å²) in [5, 5.41) is 1.87. The quantitative estimate of drug-likeness (QED) is 0.663. The summed E-state index contributed by atoms with van der Waals surface area (Å²) < 4.78 is 29.9. The van der Waals surface area contributed by atoms with Gasteiger partial charge < -0.3 is 4.18 Å². The van der Waals surface area contributed by atoms with Crippen molar-refractivity contribution in [3.05, 3.63) is 42.0 Å². The van der Waals surface area contributed by atoms with Gasteiger partial charge in [-0.15, -0.1) is 0 Å². The normalized spacial score (nSPS) is 11.7. The average Bonchev–Trinajstić information content (AvgIpc) is 2.52. The second-order valence-corrected chi connectivity index (χ2v) is 7.27. The number of fused-ring (bicyclic) bond motifs is 1. The topological polar surface area (TPSA) is 43.4 Å². The molecule has 0 saturated carbocycles. The van der Waals surface area contributed by atoms with Gasteiger partial charge in [0, 0.05) is 5.39 Å². The van der Waals surface area contributed by atoms with Crippen LogP contribution in [0.25, 0.3) is 10.8 Å². The van der Waals surface area contributed by atoms with Crippen LogP contribution in [0.5, 0.6) is 5.75 Å². The number of benzene rings is 2. The van der Waals surface area contributed by atoms with Crippen LogP contribution in [-0.2, 0) is 16.5 Å². The minimum Gasteiger partial charge on any atom is -0.381 e. The molecule has 2 aromatic carbocycles. The van der Waals surface area contributed by atoms with E-state index in [1.54, 1.807) is 0 Å². The molecular weight excluding hydrogens is 296 g/mol. The first-order valence-electron chi connectivity index (χ1n) is 8.00. The summed E-state index contributed by atoms with van der Waals surface area (Å²) >= 11 is 0. The van der Waals surface area contributed by atoms with E-state index in [1.165, 1.54) is 0 Å². The van der Waals surface area contributed by atoms with Gasteiger partial charge in [0.15, 0.2) is 5.75 Å². The van der Waals surface area contributed by atoms with Crippen LogP contribution in [0.2, 0.25) is 0 Å². The molecule has 2 aromatic rings. The van der Waals surface area contributed by atoms with Crippen LogP contribution in [0.1, 0.15) is 45.1 Å². The van der Waals surface area contributed by atoms with Crippen LogP contribution in [0.3, 0.4) is 0 Å². The standard InChI is InChI=1S/C18H24O3S/c1-3-5-9-16-13-12-15-10-7-8-11-17(15)18(16)21-22(19,20)14-6-4-2/h7-8,10-13H,3-6,9,14H2,1-2H3. The smallest absolute Gasteiger partial charge is 0.309 e. The fourth-order valence-electron chi connectivity index (χ4n) is 2.44. The van der Waals surface area contributed by atoms with Gasteiger partial charge in [0.05, 0.1) is 5.75 Å². The molecule has 2 rings (SSSR count). The van der Waals surface area contributed by atoms with Gasteiger partial charge in [-0.1, -0.05) is 63.1 Å². The number of hydrogen-bond donors (Lipinski definition) is 0. The fourth-order valence-corrected chi connectivity index (χ4v) is 3.62. The van der Waals surface area contributed by atoms with Crippen molar-refractivity contribution in [2.45, 2.75) is 46.0 Å². The van der Waals surface area contributed by atoms with Crippen molar-refractivity contribution in [3.63, 3.8) is 0 Å². The van der Waals surface area contributed by atoms with E-state index >= 15 is 0 Å². The second-order valence-electron chi connectivity index (χ2n) is 5.58. The highest BCUT2D eigenvalue weighted by Crippen LogP contribution is 2.32. The van der Waals surface area contributed by atoms with Crippen LogP contribution in [0.4, 0.5) is 0 Å². The van der Waals surface area contributed by atoms with Gasteiger partial charge in [-0.3, -0.25) is 0 Å². The molecule has 0 unspecified atom stereocenters. The minimum atomic E-state index is -3.54. The zero-order valence-corrected chi connectivity index (χ0v) is 14.2. The maximum Gasteiger partial charge on any atom is 0.309 e. The van der Waals surface area contributed by atoms with Gasteiger partial charge in [0.25, 0.3) is 0 Å². The maximum absolute atomic E-state index is 12.2. The largest absolute Gasteiger partial charge is 0.381 e. The Morgan fingerprint density at radius 3 is 2.41 bits per heavy atom. The third-order valence-corrected chi connectivity index (χ3v) is 4.93. The first-order chi connectivity index (χ1) is 10.6. The molecule has 4 heteroatoms. The molecule has 0 aromatic heterocycles. The average molecular weight is 320 g/mol. The highest BCUT2D eigenvalue weighted by molar-refractivity contribution is 7.87. The first-order valence-corrected chi connectivity index (χ1v) is 9.58. The third-order valence-electron chi connectivity index (χ3n) is 3.72. The summed E-state index contributed by atoms with van der Waals surface area (Å²) in [4.78, 5) is 0. The SMILES string of the molecule is CCCCc1ccc2ccccc2c1OS(=O)(=O)CCCC. The van der Waals surface area contributed by atoms with E-state index in [-0.39, 0.29) is 5.75 Å². The van der Waals surface area contributed by atoms with Gasteiger partial charge in [-0.2, -0.15) is 8.42 Å². The number of unbranched alkanes of at least 4 members (excludes halogenated alkanes) is 2. The Labute approximate surface area is 133 Å². The van der Waals surface area contributed by atoms with Gasteiger partial charge >= 0.3 is 10.1 Å². The molecule has 22 heavy (non-hydrogen) atoms. The van der Waals surface area contributed by atoms with Crippen molar-refractivity contribution in [2.24, 2.45) is 0 Å². The Morgan fingerprint density at radius 1 is 0.955 bits per heavy atom. The predicted molar refractivity (Wildman–Crippen MR) is 91.9 cm³/mol. The lowest BCUT2D eigenvalue weighted by molar-refractivity contribution is 0.483. The predicted octanol–water partition coefficient (Wildman–Crippen LogP) is 4.69. The zero-order valence-electron chi connectivity index (χ0n) is 13.3. The maximum atomic E-state index is 12.2. The molecule has 120 valence electrons. The molecule has 0 aliphatic rings. The molecule has 0 radical (unpaired) electrons. The third kappa shape index (κ3) is 4.23. The molecule has 0 spiro atoms. The molecule has 0 heterocycles. The Morgan fingerprint density at radius 2 is 1.68 bits per heavy atom. The lowest BCUT2D eigenvalue weighted by Crippen LogP contribution is -2.15. The number of hydrogen-bond acceptors (Lipinski definition) is 3. The summed E-state index contributed by atoms with van der Waals surface area (Å²) in [6.07, 6.45) is 4.37. The Kier molecular flexibility index (Phi) is 5.83. The van der Waals surface area contributed by atoms with Crippen LogP contribution in [0.15, 0.2) is 36.4 Å². The van der Waals surface area contributed by atoms with Gasteiger partial charge in [-0.25, -0.2) is 0 Å². The number of aryl methyl sites for hydroxylation is 1. The van der Waals surface area contributed by atoms with Gasteiger partial charge in [-0.05, 0) is 30.2 Å². The highest BCUT2D eigenvalue weighted by Gasteiger charge is 2.17. The summed E-state index contributed by atoms with van der Waals surface area (Å²) in [5.74, 6) is 0.586. The molecule has 0 aliphatic carbocycles. The summed E-state index contributed by atoms with van der Waals surface area (Å²) in [6.45, 7) is 4.10. The number of rotatable bonds is 8. The Balaban J connectivity index is 2.43. The van der Waals surface area contributed by atoms with Crippen LogP contribution in [0, 0.1) is 0 Å². The van der Waals surface area contributed by atoms with Crippen molar-refractivity contribution in [2.75, 3.05) is 5.75 Å². The lowest BCUT2D eigenvalue weighted by atomic mass is 10.0. The molecule has 0 aliphatic heterocycles. The second kappa shape index (κ2) is 7.63. The minimum absolute atomic E-state index is 0.0694. The van der Waals surface area contributed by atoms with Crippen LogP contribution in [-0.4, -0.2) is 14.2 Å². The molecular formula is C18H24O3S. The van der Waals surface area contributed by atoms with E-state index in [0.29, 0.717) is 12.2 Å². The van der Waals surface area contributed by atoms with Gasteiger partial charge in [0.1, 0.15) is 0 Å². The summed E-state index contributed by atoms with van der Waals surface area (Å²) in [6, 6.07) is 11.8. The van der Waals surface area contributed by atoms with E-state index < -0.39 is 10.1 Å². The first kappa shape index (κ1) is 16.8. The van der Waals surface area contributed by atoms with Gasteiger partial charge in [0.2, 0.25) is 0 Å². The molecule has 0 atom stereocenters.